The van der Waals surface area contributed by atoms with E-state index in [0.717, 1.165) is 16.7 Å². The molecule has 1 aromatic heterocycles. The van der Waals surface area contributed by atoms with E-state index < -0.39 is 0 Å². The molecular formula is C18H23N3O3. The van der Waals surface area contributed by atoms with Crippen LogP contribution < -0.4 is 15.4 Å². The fourth-order valence-corrected chi connectivity index (χ4v) is 2.26. The maximum absolute atomic E-state index is 12.3. The molecule has 2 amide bonds. The molecule has 0 aliphatic heterocycles. The number of methoxy groups -OCH3 is 1. The molecule has 0 saturated carbocycles. The number of benzene rings is 1. The van der Waals surface area contributed by atoms with Crippen LogP contribution in [-0.4, -0.2) is 37.0 Å². The largest absolute Gasteiger partial charge is 0.497 e. The van der Waals surface area contributed by atoms with E-state index in [1.165, 1.54) is 0 Å². The number of nitrogens with zero attached hydrogens (tertiary/aromatic N) is 1. The zero-order chi connectivity index (χ0) is 17.7. The number of carbonyl (C=O) groups excluding carboxylic acids is 2. The number of amides is 2. The summed E-state index contributed by atoms with van der Waals surface area (Å²) >= 11 is 0. The normalized spacial score (nSPS) is 10.7. The number of nitrogens with one attached hydrogen (secondary N) is 2. The van der Waals surface area contributed by atoms with Crippen LogP contribution in [0.1, 0.15) is 29.9 Å². The quantitative estimate of drug-likeness (QED) is 0.795. The molecule has 0 aliphatic rings. The van der Waals surface area contributed by atoms with Gasteiger partial charge in [0.2, 0.25) is 5.91 Å². The zero-order valence-electron chi connectivity index (χ0n) is 14.5. The van der Waals surface area contributed by atoms with Crippen molar-refractivity contribution in [3.8, 4) is 5.75 Å². The first-order valence-electron chi connectivity index (χ1n) is 7.93. The minimum absolute atomic E-state index is 0.0262. The Hall–Kier alpha value is -2.63. The van der Waals surface area contributed by atoms with Gasteiger partial charge in [-0.05, 0) is 25.1 Å². The molecule has 2 N–H and O–H groups in total. The molecule has 0 aliphatic carbocycles. The third-order valence-corrected chi connectivity index (χ3v) is 3.69. The molecular weight excluding hydrogens is 306 g/mol. The first-order valence-corrected chi connectivity index (χ1v) is 7.93. The summed E-state index contributed by atoms with van der Waals surface area (Å²) in [6, 6.07) is 7.37. The fourth-order valence-electron chi connectivity index (χ4n) is 2.26. The van der Waals surface area contributed by atoms with E-state index in [1.807, 2.05) is 38.1 Å². The average molecular weight is 329 g/mol. The third kappa shape index (κ3) is 4.22. The van der Waals surface area contributed by atoms with Gasteiger partial charge in [-0.1, -0.05) is 13.8 Å². The SMILES string of the molecule is COc1ccc2cc(C(=O)NCCNC(=O)C(C)C)c(C)nc2c1. The summed E-state index contributed by atoms with van der Waals surface area (Å²) in [6.45, 7) is 6.23. The molecule has 128 valence electrons. The van der Waals surface area contributed by atoms with Gasteiger partial charge in [-0.25, -0.2) is 0 Å². The maximum atomic E-state index is 12.3. The van der Waals surface area contributed by atoms with E-state index in [-0.39, 0.29) is 17.7 Å². The number of hydrogen-bond donors (Lipinski definition) is 2. The second-order valence-corrected chi connectivity index (χ2v) is 5.88. The molecule has 24 heavy (non-hydrogen) atoms. The second kappa shape index (κ2) is 7.77. The Balaban J connectivity index is 2.04. The topological polar surface area (TPSA) is 80.3 Å². The first-order chi connectivity index (χ1) is 11.4. The van der Waals surface area contributed by atoms with Gasteiger partial charge in [0.25, 0.3) is 5.91 Å². The third-order valence-electron chi connectivity index (χ3n) is 3.69. The predicted molar refractivity (Wildman–Crippen MR) is 93.2 cm³/mol. The van der Waals surface area contributed by atoms with Crippen molar-refractivity contribution >= 4 is 22.7 Å². The highest BCUT2D eigenvalue weighted by Crippen LogP contribution is 2.21. The number of ether oxygens (including phenoxy) is 1. The van der Waals surface area contributed by atoms with Gasteiger partial charge in [0.05, 0.1) is 23.9 Å². The molecule has 2 rings (SSSR count). The lowest BCUT2D eigenvalue weighted by Crippen LogP contribution is -2.36. The van der Waals surface area contributed by atoms with Crippen molar-refractivity contribution in [2.75, 3.05) is 20.2 Å². The van der Waals surface area contributed by atoms with Crippen molar-refractivity contribution in [2.24, 2.45) is 5.92 Å². The molecule has 6 heteroatoms. The molecule has 0 atom stereocenters. The van der Waals surface area contributed by atoms with Crippen molar-refractivity contribution in [1.29, 1.82) is 0 Å². The summed E-state index contributed by atoms with van der Waals surface area (Å²) in [5.74, 6) is 0.440. The lowest BCUT2D eigenvalue weighted by atomic mass is 10.1. The number of rotatable bonds is 6. The zero-order valence-corrected chi connectivity index (χ0v) is 14.5. The minimum atomic E-state index is -0.198. The highest BCUT2D eigenvalue weighted by atomic mass is 16.5. The van der Waals surface area contributed by atoms with Crippen LogP contribution in [0.3, 0.4) is 0 Å². The van der Waals surface area contributed by atoms with Crippen LogP contribution in [0, 0.1) is 12.8 Å². The monoisotopic (exact) mass is 329 g/mol. The summed E-state index contributed by atoms with van der Waals surface area (Å²) < 4.78 is 5.19. The van der Waals surface area contributed by atoms with Crippen molar-refractivity contribution in [3.63, 3.8) is 0 Å². The number of carbonyl (C=O) groups is 2. The summed E-state index contributed by atoms with van der Waals surface area (Å²) in [6.07, 6.45) is 0. The average Bonchev–Trinajstić information content (AvgIpc) is 2.56. The van der Waals surface area contributed by atoms with Crippen LogP contribution in [0.25, 0.3) is 10.9 Å². The first kappa shape index (κ1) is 17.7. The fraction of sp³-hybridized carbons (Fsp3) is 0.389. The standard InChI is InChI=1S/C18H23N3O3/c1-11(2)17(22)19-7-8-20-18(23)15-9-13-5-6-14(24-4)10-16(13)21-12(15)3/h5-6,9-11H,7-8H2,1-4H3,(H,19,22)(H,20,23). The molecule has 0 spiro atoms. The van der Waals surface area contributed by atoms with Gasteiger partial charge in [-0.15, -0.1) is 0 Å². The molecule has 2 aromatic rings. The van der Waals surface area contributed by atoms with E-state index >= 15 is 0 Å². The van der Waals surface area contributed by atoms with E-state index in [9.17, 15) is 9.59 Å². The summed E-state index contributed by atoms with van der Waals surface area (Å²) in [5.41, 5.74) is 1.97. The van der Waals surface area contributed by atoms with E-state index in [2.05, 4.69) is 15.6 Å². The van der Waals surface area contributed by atoms with Crippen LogP contribution in [0.2, 0.25) is 0 Å². The Morgan fingerprint density at radius 3 is 2.54 bits per heavy atom. The predicted octanol–water partition coefficient (Wildman–Crippen LogP) is 2.05. The maximum Gasteiger partial charge on any atom is 0.253 e. The van der Waals surface area contributed by atoms with Gasteiger partial charge < -0.3 is 15.4 Å². The molecule has 0 bridgehead atoms. The van der Waals surface area contributed by atoms with Gasteiger partial charge in [0.15, 0.2) is 0 Å². The van der Waals surface area contributed by atoms with Crippen molar-refractivity contribution in [2.45, 2.75) is 20.8 Å². The van der Waals surface area contributed by atoms with E-state index in [1.54, 1.807) is 14.0 Å². The van der Waals surface area contributed by atoms with E-state index in [0.29, 0.717) is 24.3 Å². The van der Waals surface area contributed by atoms with Crippen LogP contribution in [0.5, 0.6) is 5.75 Å². The highest BCUT2D eigenvalue weighted by molar-refractivity contribution is 5.98. The number of aryl methyl sites for hydroxylation is 1. The number of aromatic nitrogens is 1. The number of pyridine rings is 1. The molecule has 0 radical (unpaired) electrons. The Kier molecular flexibility index (Phi) is 5.73. The Morgan fingerprint density at radius 2 is 1.88 bits per heavy atom. The Morgan fingerprint density at radius 1 is 1.17 bits per heavy atom. The molecule has 0 saturated heterocycles. The lowest BCUT2D eigenvalue weighted by Gasteiger charge is -2.11. The van der Waals surface area contributed by atoms with Gasteiger partial charge in [-0.2, -0.15) is 0 Å². The second-order valence-electron chi connectivity index (χ2n) is 5.88. The summed E-state index contributed by atoms with van der Waals surface area (Å²) in [5, 5.41) is 6.44. The Bertz CT molecular complexity index is 757. The molecule has 1 aromatic carbocycles. The van der Waals surface area contributed by atoms with Crippen molar-refractivity contribution < 1.29 is 14.3 Å². The van der Waals surface area contributed by atoms with Gasteiger partial charge >= 0.3 is 0 Å². The highest BCUT2D eigenvalue weighted by Gasteiger charge is 2.12. The van der Waals surface area contributed by atoms with Crippen molar-refractivity contribution in [1.82, 2.24) is 15.6 Å². The summed E-state index contributed by atoms with van der Waals surface area (Å²) in [7, 11) is 1.61. The molecule has 0 unspecified atom stereocenters. The smallest absolute Gasteiger partial charge is 0.253 e. The minimum Gasteiger partial charge on any atom is -0.497 e. The molecule has 1 heterocycles. The van der Waals surface area contributed by atoms with Gasteiger partial charge in [0, 0.05) is 30.5 Å². The van der Waals surface area contributed by atoms with Crippen molar-refractivity contribution in [3.05, 3.63) is 35.5 Å². The van der Waals surface area contributed by atoms with E-state index in [4.69, 9.17) is 4.74 Å². The van der Waals surface area contributed by atoms with Crippen LogP contribution in [0.15, 0.2) is 24.3 Å². The number of hydrogen-bond acceptors (Lipinski definition) is 4. The molecule has 6 nitrogen and oxygen atoms in total. The van der Waals surface area contributed by atoms with Gasteiger partial charge in [0.1, 0.15) is 5.75 Å². The Labute approximate surface area is 141 Å². The lowest BCUT2D eigenvalue weighted by molar-refractivity contribution is -0.123. The van der Waals surface area contributed by atoms with Crippen LogP contribution in [0.4, 0.5) is 0 Å². The van der Waals surface area contributed by atoms with Gasteiger partial charge in [-0.3, -0.25) is 14.6 Å². The van der Waals surface area contributed by atoms with Crippen LogP contribution >= 0.6 is 0 Å². The van der Waals surface area contributed by atoms with Crippen LogP contribution in [-0.2, 0) is 4.79 Å². The molecule has 0 fully saturated rings. The summed E-state index contributed by atoms with van der Waals surface area (Å²) in [4.78, 5) is 28.3. The number of fused-ring (bicyclic) bond motifs is 1.